The molecule has 0 amide bonds. The maximum atomic E-state index is 15.1. The van der Waals surface area contributed by atoms with E-state index in [0.29, 0.717) is 20.8 Å². The summed E-state index contributed by atoms with van der Waals surface area (Å²) in [5.74, 6) is -0.0856. The summed E-state index contributed by atoms with van der Waals surface area (Å²) in [4.78, 5) is 0. The van der Waals surface area contributed by atoms with Crippen LogP contribution >= 0.6 is 0 Å². The molecule has 0 heterocycles. The molecule has 6 aromatic rings. The molecule has 6 aromatic carbocycles. The predicted octanol–water partition coefficient (Wildman–Crippen LogP) is 12.5. The van der Waals surface area contributed by atoms with E-state index in [9.17, 15) is 0 Å². The summed E-state index contributed by atoms with van der Waals surface area (Å²) >= 11 is -4.25. The van der Waals surface area contributed by atoms with E-state index in [1.807, 2.05) is 0 Å². The van der Waals surface area contributed by atoms with E-state index >= 15 is 26.3 Å². The second-order valence-electron chi connectivity index (χ2n) is 23.9. The van der Waals surface area contributed by atoms with E-state index in [2.05, 4.69) is 165 Å². The normalized spacial score (nSPS) is 14.6. The first-order valence-electron chi connectivity index (χ1n) is 25.4. The summed E-state index contributed by atoms with van der Waals surface area (Å²) < 4.78 is 93.4. The van der Waals surface area contributed by atoms with Gasteiger partial charge in [-0.1, -0.05) is 0 Å². The average Bonchev–Trinajstić information content (AvgIpc) is 3.85. The average molecular weight is 1130 g/mol. The van der Waals surface area contributed by atoms with Gasteiger partial charge in [-0.15, -0.1) is 0 Å². The second-order valence-corrected chi connectivity index (χ2v) is 29.6. The zero-order valence-electron chi connectivity index (χ0n) is 45.8. The molecule has 1 unspecified atom stereocenters. The van der Waals surface area contributed by atoms with Crippen LogP contribution in [0.3, 0.4) is 0 Å². The van der Waals surface area contributed by atoms with Crippen molar-refractivity contribution in [3.05, 3.63) is 190 Å². The fraction of sp³-hybridized carbons (Fsp3) is 0.369. The molecule has 0 fully saturated rings. The summed E-state index contributed by atoms with van der Waals surface area (Å²) in [6.45, 7) is 35.1. The number of halogens is 8. The first kappa shape index (κ1) is 59.0. The van der Waals surface area contributed by atoms with Gasteiger partial charge in [-0.25, -0.2) is 0 Å². The third-order valence-corrected chi connectivity index (χ3v) is 22.9. The van der Waals surface area contributed by atoms with Crippen LogP contribution in [0.4, 0.5) is 26.3 Å². The number of hydrogen-bond acceptors (Lipinski definition) is 0. The third kappa shape index (κ3) is 11.2. The molecule has 0 nitrogen and oxygen atoms in total. The Labute approximate surface area is 457 Å². The van der Waals surface area contributed by atoms with Gasteiger partial charge in [-0.2, -0.15) is 0 Å². The summed E-state index contributed by atoms with van der Waals surface area (Å²) in [6.07, 6.45) is -3.43. The number of rotatable bonds is 7. The van der Waals surface area contributed by atoms with Crippen LogP contribution < -0.4 is 28.1 Å². The van der Waals surface area contributed by atoms with Crippen LogP contribution in [0, 0.1) is 52.9 Å². The Balaban J connectivity index is 0.00000446. The Morgan fingerprint density at radius 1 is 0.527 bits per heavy atom. The zero-order chi connectivity index (χ0) is 52.9. The Kier molecular flexibility index (Phi) is 16.7. The van der Waals surface area contributed by atoms with Crippen molar-refractivity contribution in [2.75, 3.05) is 0 Å². The van der Waals surface area contributed by atoms with Gasteiger partial charge in [0, 0.05) is 0 Å². The van der Waals surface area contributed by atoms with Crippen LogP contribution in [0.25, 0.3) is 33.4 Å². The van der Waals surface area contributed by atoms with E-state index in [1.165, 1.54) is 63.2 Å². The molecule has 2 aliphatic carbocycles. The maximum Gasteiger partial charge on any atom is -1.00 e. The molecule has 8 rings (SSSR count). The molecule has 0 N–H and O–H groups in total. The number of aryl methyl sites for hydroxylation is 6. The zero-order valence-corrected chi connectivity index (χ0v) is 49.8. The van der Waals surface area contributed by atoms with E-state index in [-0.39, 0.29) is 41.6 Å². The van der Waals surface area contributed by atoms with Crippen molar-refractivity contribution in [1.82, 2.24) is 0 Å². The van der Waals surface area contributed by atoms with E-state index in [4.69, 9.17) is 0 Å². The standard InChI is InChI=1S/C39H45.C15H8F6.C11H17.2ClH.Zr/c1-22-13-24(3)36(25(4)14-22)32-18-28-17-29-19-33(37-26(5)15-23(2)16-27(37)6)35(39(10,11)12)21-31(29)30(28)20-34(32)38(7,8)9;16-14(17,18)12-5-1-3-10(8-12)7-11-4-2-6-13(9-11)15(19,20)21;1-5-9-6-7-10(8-9)11(2,3)4;;;/h13-16,18,20-21H,17H2,1-12H3;1-6,8-9H;7-9H,5H2,1-4H3;2*1H;/q;;;;;+2/p-2. The largest absolute Gasteiger partial charge is 1.00 e. The van der Waals surface area contributed by atoms with Crippen LogP contribution in [-0.4, -0.2) is 3.21 Å². The van der Waals surface area contributed by atoms with Gasteiger partial charge in [0.1, 0.15) is 0 Å². The van der Waals surface area contributed by atoms with Crippen LogP contribution in [-0.2, 0) is 50.9 Å². The van der Waals surface area contributed by atoms with Crippen LogP contribution in [0.2, 0.25) is 0 Å². The summed E-state index contributed by atoms with van der Waals surface area (Å²) in [5.41, 5.74) is 17.5. The van der Waals surface area contributed by atoms with E-state index < -0.39 is 50.2 Å². The van der Waals surface area contributed by atoms with Crippen LogP contribution in [0.1, 0.15) is 154 Å². The van der Waals surface area contributed by atoms with Gasteiger partial charge in [-0.05, 0) is 0 Å². The quantitative estimate of drug-likeness (QED) is 0.140. The summed E-state index contributed by atoms with van der Waals surface area (Å²) in [7, 11) is 0. The Morgan fingerprint density at radius 2 is 0.986 bits per heavy atom. The molecule has 0 saturated carbocycles. The molecule has 0 bridgehead atoms. The minimum Gasteiger partial charge on any atom is -1.00 e. The van der Waals surface area contributed by atoms with Crippen LogP contribution in [0.5, 0.6) is 0 Å². The smallest absolute Gasteiger partial charge is 1.00 e. The predicted molar refractivity (Wildman–Crippen MR) is 287 cm³/mol. The molecule has 0 saturated heterocycles. The molecule has 0 radical (unpaired) electrons. The van der Waals surface area contributed by atoms with E-state index in [1.54, 1.807) is 12.1 Å². The van der Waals surface area contributed by atoms with Crippen molar-refractivity contribution < 1.29 is 72.4 Å². The van der Waals surface area contributed by atoms with Gasteiger partial charge in [0.2, 0.25) is 0 Å². The molecule has 390 valence electrons. The Hall–Kier alpha value is -4.29. The summed E-state index contributed by atoms with van der Waals surface area (Å²) in [6, 6.07) is 26.9. The topological polar surface area (TPSA) is 0 Å². The first-order valence-corrected chi connectivity index (χ1v) is 29.1. The molecular formula is C65H70Cl2F6Zr. The second kappa shape index (κ2) is 20.9. The SMILES string of the molecule is CCC1C=C(C(C)(C)C)C=[C]1[Zr+2](=[C](c1cccc(C(F)(F)F)c1)c1cccc(C(F)(F)F)c1)[c]1c2c(cc(C(C)(C)C)c1-c1c(C)cc(C)cc1C)-c1cc(C(C)(C)C)c(-c3c(C)cc(C)cc3C)cc1C2.[Cl-].[Cl-]. The first-order chi connectivity index (χ1) is 33.3. The van der Waals surface area contributed by atoms with Crippen LogP contribution in [0.15, 0.2) is 112 Å². The number of alkyl halides is 6. The summed E-state index contributed by atoms with van der Waals surface area (Å²) in [5, 5.41) is 0. The van der Waals surface area contributed by atoms with Gasteiger partial charge in [0.05, 0.1) is 0 Å². The monoisotopic (exact) mass is 1120 g/mol. The number of fused-ring (bicyclic) bond motifs is 3. The van der Waals surface area contributed by atoms with Gasteiger partial charge >= 0.3 is 435 Å². The molecule has 0 aromatic heterocycles. The number of allylic oxidation sites excluding steroid dienone is 4. The third-order valence-electron chi connectivity index (χ3n) is 15.0. The van der Waals surface area contributed by atoms with Gasteiger partial charge < -0.3 is 24.8 Å². The number of hydrogen-bond donors (Lipinski definition) is 0. The molecular weight excluding hydrogens is 1060 g/mol. The fourth-order valence-electron chi connectivity index (χ4n) is 11.8. The fourth-order valence-corrected chi connectivity index (χ4v) is 20.9. The van der Waals surface area contributed by atoms with Crippen molar-refractivity contribution >= 4 is 6.48 Å². The van der Waals surface area contributed by atoms with Crippen molar-refractivity contribution in [2.45, 2.75) is 147 Å². The number of benzene rings is 6. The van der Waals surface area contributed by atoms with Gasteiger partial charge in [-0.3, -0.25) is 0 Å². The maximum absolute atomic E-state index is 15.1. The van der Waals surface area contributed by atoms with Crippen molar-refractivity contribution in [3.8, 4) is 33.4 Å². The molecule has 74 heavy (non-hydrogen) atoms. The Morgan fingerprint density at radius 3 is 1.42 bits per heavy atom. The van der Waals surface area contributed by atoms with Crippen molar-refractivity contribution in [3.63, 3.8) is 0 Å². The molecule has 1 atom stereocenters. The van der Waals surface area contributed by atoms with Gasteiger partial charge in [0.15, 0.2) is 0 Å². The van der Waals surface area contributed by atoms with E-state index in [0.717, 1.165) is 80.8 Å². The van der Waals surface area contributed by atoms with Crippen molar-refractivity contribution in [2.24, 2.45) is 11.3 Å². The minimum absolute atomic E-state index is 0. The molecule has 9 heteroatoms. The van der Waals surface area contributed by atoms with Gasteiger partial charge in [0.25, 0.3) is 0 Å². The Bertz CT molecular complexity index is 3180. The minimum atomic E-state index is -4.69. The molecule has 0 aliphatic heterocycles. The van der Waals surface area contributed by atoms with Crippen molar-refractivity contribution in [1.29, 1.82) is 0 Å². The molecule has 0 spiro atoms. The molecule has 2 aliphatic rings.